The summed E-state index contributed by atoms with van der Waals surface area (Å²) in [5.74, 6) is 0. The molecule has 0 radical (unpaired) electrons. The number of nitrogens with zero attached hydrogens (tertiary/aromatic N) is 2. The van der Waals surface area contributed by atoms with Gasteiger partial charge in [0, 0.05) is 30.6 Å². The molecule has 2 rings (SSSR count). The van der Waals surface area contributed by atoms with E-state index in [2.05, 4.69) is 36.4 Å². The van der Waals surface area contributed by atoms with Gasteiger partial charge in [-0.2, -0.15) is 5.10 Å². The van der Waals surface area contributed by atoms with Crippen LogP contribution in [0.2, 0.25) is 0 Å². The van der Waals surface area contributed by atoms with Gasteiger partial charge in [-0.3, -0.25) is 4.68 Å². The van der Waals surface area contributed by atoms with E-state index in [9.17, 15) is 0 Å². The van der Waals surface area contributed by atoms with Crippen LogP contribution >= 0.6 is 0 Å². The van der Waals surface area contributed by atoms with Crippen LogP contribution in [0.4, 0.5) is 5.69 Å². The lowest BCUT2D eigenvalue weighted by Gasteiger charge is -2.10. The summed E-state index contributed by atoms with van der Waals surface area (Å²) in [5, 5.41) is 7.93. The van der Waals surface area contributed by atoms with Gasteiger partial charge in [-0.25, -0.2) is 0 Å². The molecule has 0 bridgehead atoms. The monoisotopic (exact) mass is 259 g/mol. The number of anilines is 1. The predicted molar refractivity (Wildman–Crippen MR) is 77.1 cm³/mol. The summed E-state index contributed by atoms with van der Waals surface area (Å²) < 4.78 is 7.17. The molecule has 0 aliphatic rings. The van der Waals surface area contributed by atoms with Crippen LogP contribution in [0, 0.1) is 0 Å². The fourth-order valence-electron chi connectivity index (χ4n) is 1.92. The maximum Gasteiger partial charge on any atom is 0.0815 e. The normalized spacial score (nSPS) is 10.9. The van der Waals surface area contributed by atoms with Crippen molar-refractivity contribution < 1.29 is 4.74 Å². The molecule has 19 heavy (non-hydrogen) atoms. The van der Waals surface area contributed by atoms with E-state index in [1.165, 1.54) is 0 Å². The first-order valence-electron chi connectivity index (χ1n) is 6.55. The Bertz CT molecular complexity index is 520. The van der Waals surface area contributed by atoms with Crippen LogP contribution in [-0.2, 0) is 17.9 Å². The van der Waals surface area contributed by atoms with Gasteiger partial charge < -0.3 is 10.1 Å². The van der Waals surface area contributed by atoms with Crippen molar-refractivity contribution in [3.8, 4) is 0 Å². The van der Waals surface area contributed by atoms with E-state index in [1.807, 2.05) is 29.1 Å². The standard InChI is InChI=1S/C15H21N3O/c1-12(2)18-9-8-14(17-18)10-16-15-7-5-4-6-13(15)11-19-3/h4-9,12,16H,10-11H2,1-3H3. The Kier molecular flexibility index (Phi) is 4.58. The molecule has 4 heteroatoms. The number of hydrogen-bond donors (Lipinski definition) is 1. The van der Waals surface area contributed by atoms with Crippen molar-refractivity contribution in [2.75, 3.05) is 12.4 Å². The average molecular weight is 259 g/mol. The zero-order valence-electron chi connectivity index (χ0n) is 11.8. The number of aromatic nitrogens is 2. The molecule has 0 spiro atoms. The smallest absolute Gasteiger partial charge is 0.0815 e. The van der Waals surface area contributed by atoms with Crippen LogP contribution in [-0.4, -0.2) is 16.9 Å². The number of rotatable bonds is 6. The number of hydrogen-bond acceptors (Lipinski definition) is 3. The molecule has 102 valence electrons. The first-order valence-corrected chi connectivity index (χ1v) is 6.55. The van der Waals surface area contributed by atoms with E-state index >= 15 is 0 Å². The highest BCUT2D eigenvalue weighted by Crippen LogP contribution is 2.16. The van der Waals surface area contributed by atoms with Gasteiger partial charge in [0.05, 0.1) is 18.8 Å². The molecule has 1 heterocycles. The topological polar surface area (TPSA) is 39.1 Å². The summed E-state index contributed by atoms with van der Waals surface area (Å²) in [7, 11) is 1.71. The van der Waals surface area contributed by atoms with Crippen molar-refractivity contribution in [1.29, 1.82) is 0 Å². The highest BCUT2D eigenvalue weighted by atomic mass is 16.5. The summed E-state index contributed by atoms with van der Waals surface area (Å²) in [5.41, 5.74) is 3.30. The van der Waals surface area contributed by atoms with Crippen molar-refractivity contribution in [2.24, 2.45) is 0 Å². The Hall–Kier alpha value is -1.81. The maximum absolute atomic E-state index is 5.20. The van der Waals surface area contributed by atoms with Crippen molar-refractivity contribution in [3.63, 3.8) is 0 Å². The van der Waals surface area contributed by atoms with Crippen LogP contribution in [0.3, 0.4) is 0 Å². The van der Waals surface area contributed by atoms with Gasteiger partial charge in [0.15, 0.2) is 0 Å². The Morgan fingerprint density at radius 2 is 2.05 bits per heavy atom. The van der Waals surface area contributed by atoms with Crippen LogP contribution in [0.15, 0.2) is 36.5 Å². The number of methoxy groups -OCH3 is 1. The fraction of sp³-hybridized carbons (Fsp3) is 0.400. The van der Waals surface area contributed by atoms with Crippen LogP contribution in [0.1, 0.15) is 31.1 Å². The van der Waals surface area contributed by atoms with Crippen LogP contribution in [0.5, 0.6) is 0 Å². The summed E-state index contributed by atoms with van der Waals surface area (Å²) >= 11 is 0. The zero-order chi connectivity index (χ0) is 13.7. The van der Waals surface area contributed by atoms with Crippen LogP contribution < -0.4 is 5.32 Å². The number of benzene rings is 1. The molecular formula is C15H21N3O. The number of nitrogens with one attached hydrogen (secondary N) is 1. The van der Waals surface area contributed by atoms with Gasteiger partial charge in [-0.1, -0.05) is 18.2 Å². The van der Waals surface area contributed by atoms with E-state index < -0.39 is 0 Å². The van der Waals surface area contributed by atoms with Crippen molar-refractivity contribution in [1.82, 2.24) is 9.78 Å². The molecule has 1 aromatic carbocycles. The average Bonchev–Trinajstić information content (AvgIpc) is 2.87. The number of ether oxygens (including phenoxy) is 1. The van der Waals surface area contributed by atoms with Gasteiger partial charge in [-0.05, 0) is 26.0 Å². The van der Waals surface area contributed by atoms with Crippen molar-refractivity contribution >= 4 is 5.69 Å². The second kappa shape index (κ2) is 6.38. The number of para-hydroxylation sites is 1. The molecule has 0 aliphatic heterocycles. The highest BCUT2D eigenvalue weighted by molar-refractivity contribution is 5.50. The molecule has 1 aromatic heterocycles. The quantitative estimate of drug-likeness (QED) is 0.865. The molecule has 4 nitrogen and oxygen atoms in total. The van der Waals surface area contributed by atoms with E-state index in [4.69, 9.17) is 4.74 Å². The van der Waals surface area contributed by atoms with Crippen LogP contribution in [0.25, 0.3) is 0 Å². The Morgan fingerprint density at radius 3 is 2.74 bits per heavy atom. The molecule has 0 amide bonds. The van der Waals surface area contributed by atoms with E-state index in [0.717, 1.165) is 23.5 Å². The molecule has 2 aromatic rings. The lowest BCUT2D eigenvalue weighted by Crippen LogP contribution is -2.06. The second-order valence-electron chi connectivity index (χ2n) is 4.82. The third-order valence-electron chi connectivity index (χ3n) is 2.97. The lowest BCUT2D eigenvalue weighted by molar-refractivity contribution is 0.185. The summed E-state index contributed by atoms with van der Waals surface area (Å²) in [6.45, 7) is 5.58. The molecule has 0 fully saturated rings. The SMILES string of the molecule is COCc1ccccc1NCc1ccn(C(C)C)n1. The third-order valence-corrected chi connectivity index (χ3v) is 2.97. The van der Waals surface area contributed by atoms with E-state index in [1.54, 1.807) is 7.11 Å². The lowest BCUT2D eigenvalue weighted by atomic mass is 10.2. The minimum atomic E-state index is 0.398. The summed E-state index contributed by atoms with van der Waals surface area (Å²) in [4.78, 5) is 0. The molecular weight excluding hydrogens is 238 g/mol. The highest BCUT2D eigenvalue weighted by Gasteiger charge is 2.04. The van der Waals surface area contributed by atoms with Gasteiger partial charge in [0.1, 0.15) is 0 Å². The molecule has 0 aliphatic carbocycles. The first-order chi connectivity index (χ1) is 9.20. The minimum Gasteiger partial charge on any atom is -0.380 e. The second-order valence-corrected chi connectivity index (χ2v) is 4.82. The summed E-state index contributed by atoms with van der Waals surface area (Å²) in [6, 6.07) is 10.6. The first kappa shape index (κ1) is 13.6. The molecule has 0 saturated heterocycles. The van der Waals surface area contributed by atoms with E-state index in [0.29, 0.717) is 12.6 Å². The Morgan fingerprint density at radius 1 is 1.26 bits per heavy atom. The Labute approximate surface area is 114 Å². The predicted octanol–water partition coefficient (Wildman–Crippen LogP) is 3.22. The van der Waals surface area contributed by atoms with Crippen molar-refractivity contribution in [3.05, 3.63) is 47.8 Å². The van der Waals surface area contributed by atoms with Gasteiger partial charge in [0.2, 0.25) is 0 Å². The van der Waals surface area contributed by atoms with Gasteiger partial charge in [0.25, 0.3) is 0 Å². The summed E-state index contributed by atoms with van der Waals surface area (Å²) in [6.07, 6.45) is 2.02. The largest absolute Gasteiger partial charge is 0.380 e. The van der Waals surface area contributed by atoms with E-state index in [-0.39, 0.29) is 0 Å². The minimum absolute atomic E-state index is 0.398. The molecule has 0 unspecified atom stereocenters. The maximum atomic E-state index is 5.20. The van der Waals surface area contributed by atoms with Gasteiger partial charge in [-0.15, -0.1) is 0 Å². The Balaban J connectivity index is 2.01. The third kappa shape index (κ3) is 3.58. The molecule has 1 N–H and O–H groups in total. The molecule has 0 saturated carbocycles. The van der Waals surface area contributed by atoms with Crippen molar-refractivity contribution in [2.45, 2.75) is 33.0 Å². The fourth-order valence-corrected chi connectivity index (χ4v) is 1.92. The molecule has 0 atom stereocenters. The van der Waals surface area contributed by atoms with Gasteiger partial charge >= 0.3 is 0 Å². The zero-order valence-corrected chi connectivity index (χ0v) is 11.8.